The molecule has 2 heteroatoms. The van der Waals surface area contributed by atoms with Crippen LogP contribution in [0.1, 0.15) is 46.6 Å². The van der Waals surface area contributed by atoms with E-state index in [1.807, 2.05) is 30.2 Å². The first-order valence-corrected chi connectivity index (χ1v) is 7.90. The number of aryl methyl sites for hydroxylation is 1. The number of carbonyl (C=O) groups is 1. The molecule has 0 aliphatic heterocycles. The minimum absolute atomic E-state index is 0.0187. The molecule has 0 bridgehead atoms. The number of nitrogens with zero attached hydrogens (tertiary/aromatic N) is 1. The monoisotopic (exact) mass is 299 g/mol. The molecule has 1 aromatic carbocycles. The number of allylic oxidation sites excluding steroid dienone is 4. The van der Waals surface area contributed by atoms with Gasteiger partial charge in [-0.15, -0.1) is 0 Å². The third kappa shape index (κ3) is 4.87. The molecule has 0 aliphatic rings. The average Bonchev–Trinajstić information content (AvgIpc) is 2.42. The van der Waals surface area contributed by atoms with E-state index in [4.69, 9.17) is 0 Å². The Kier molecular flexibility index (Phi) is 6.16. The fourth-order valence-corrected chi connectivity index (χ4v) is 2.29. The summed E-state index contributed by atoms with van der Waals surface area (Å²) in [4.78, 5) is 14.1. The molecule has 0 spiro atoms. The van der Waals surface area contributed by atoms with Crippen molar-refractivity contribution in [3.8, 4) is 0 Å². The Hall–Kier alpha value is -1.83. The van der Waals surface area contributed by atoms with Gasteiger partial charge < -0.3 is 4.90 Å². The van der Waals surface area contributed by atoms with E-state index in [0.717, 1.165) is 17.8 Å². The van der Waals surface area contributed by atoms with Gasteiger partial charge in [0.05, 0.1) is 5.70 Å². The number of Topliss-reactive ketones (excluding diaryl/α,β-unsaturated/α-hetero) is 1. The zero-order valence-electron chi connectivity index (χ0n) is 15.0. The van der Waals surface area contributed by atoms with Gasteiger partial charge in [-0.05, 0) is 42.5 Å². The van der Waals surface area contributed by atoms with Gasteiger partial charge in [-0.25, -0.2) is 0 Å². The molecule has 0 radical (unpaired) electrons. The van der Waals surface area contributed by atoms with Crippen molar-refractivity contribution in [3.63, 3.8) is 0 Å². The maximum absolute atomic E-state index is 12.2. The molecular formula is C20H29NO. The van der Waals surface area contributed by atoms with Gasteiger partial charge in [0.1, 0.15) is 0 Å². The molecule has 120 valence electrons. The summed E-state index contributed by atoms with van der Waals surface area (Å²) < 4.78 is 0. The van der Waals surface area contributed by atoms with Crippen molar-refractivity contribution in [2.75, 3.05) is 11.9 Å². The maximum Gasteiger partial charge on any atom is 0.176 e. The Morgan fingerprint density at radius 1 is 1.18 bits per heavy atom. The lowest BCUT2D eigenvalue weighted by Crippen LogP contribution is -2.23. The van der Waals surface area contributed by atoms with Gasteiger partial charge in [0.15, 0.2) is 5.78 Å². The Labute approximate surface area is 135 Å². The van der Waals surface area contributed by atoms with E-state index in [0.29, 0.717) is 0 Å². The van der Waals surface area contributed by atoms with Crippen molar-refractivity contribution in [1.82, 2.24) is 0 Å². The average molecular weight is 299 g/mol. The predicted molar refractivity (Wildman–Crippen MR) is 96.2 cm³/mol. The Morgan fingerprint density at radius 2 is 1.73 bits per heavy atom. The van der Waals surface area contributed by atoms with E-state index in [1.54, 1.807) is 6.92 Å². The van der Waals surface area contributed by atoms with Gasteiger partial charge in [0.25, 0.3) is 0 Å². The van der Waals surface area contributed by atoms with Crippen LogP contribution >= 0.6 is 0 Å². The van der Waals surface area contributed by atoms with Gasteiger partial charge in [-0.3, -0.25) is 4.79 Å². The van der Waals surface area contributed by atoms with Crippen molar-refractivity contribution in [2.45, 2.75) is 48.0 Å². The third-order valence-corrected chi connectivity index (χ3v) is 3.73. The van der Waals surface area contributed by atoms with Crippen molar-refractivity contribution in [1.29, 1.82) is 0 Å². The van der Waals surface area contributed by atoms with Crippen LogP contribution in [-0.2, 0) is 4.79 Å². The number of carbonyl (C=O) groups excluding carboxylic acids is 1. The van der Waals surface area contributed by atoms with Gasteiger partial charge in [-0.2, -0.15) is 0 Å². The quantitative estimate of drug-likeness (QED) is 0.544. The molecule has 1 aromatic rings. The second-order valence-electron chi connectivity index (χ2n) is 6.80. The Bertz CT molecular complexity index is 571. The number of anilines is 1. The normalized spacial score (nSPS) is 13.2. The van der Waals surface area contributed by atoms with Crippen LogP contribution in [0.2, 0.25) is 0 Å². The van der Waals surface area contributed by atoms with Gasteiger partial charge in [-0.1, -0.05) is 51.5 Å². The Morgan fingerprint density at radius 3 is 2.14 bits per heavy atom. The molecule has 0 aliphatic carbocycles. The summed E-state index contributed by atoms with van der Waals surface area (Å²) in [5, 5.41) is 0. The first-order chi connectivity index (χ1) is 10.2. The molecule has 0 saturated heterocycles. The second kappa shape index (κ2) is 7.44. The van der Waals surface area contributed by atoms with E-state index in [-0.39, 0.29) is 11.2 Å². The van der Waals surface area contributed by atoms with Gasteiger partial charge in [0.2, 0.25) is 0 Å². The van der Waals surface area contributed by atoms with Crippen molar-refractivity contribution in [3.05, 3.63) is 53.3 Å². The molecule has 0 N–H and O–H groups in total. The van der Waals surface area contributed by atoms with Gasteiger partial charge in [0, 0.05) is 19.7 Å². The van der Waals surface area contributed by atoms with E-state index < -0.39 is 0 Å². The SMILES string of the molecule is CC/C=C(/C=C(/C(C)=O)N(C)c1ccc(C)cc1)C(C)(C)C. The zero-order valence-corrected chi connectivity index (χ0v) is 15.0. The molecule has 0 fully saturated rings. The molecule has 0 amide bonds. The molecule has 22 heavy (non-hydrogen) atoms. The van der Waals surface area contributed by atoms with Crippen LogP contribution in [0, 0.1) is 12.3 Å². The first kappa shape index (κ1) is 18.2. The summed E-state index contributed by atoms with van der Waals surface area (Å²) in [5.41, 5.74) is 4.17. The third-order valence-electron chi connectivity index (χ3n) is 3.73. The van der Waals surface area contributed by atoms with Crippen LogP contribution in [0.25, 0.3) is 0 Å². The molecule has 0 atom stereocenters. The largest absolute Gasteiger partial charge is 0.342 e. The topological polar surface area (TPSA) is 20.3 Å². The summed E-state index contributed by atoms with van der Waals surface area (Å²) in [6.45, 7) is 12.3. The zero-order chi connectivity index (χ0) is 16.9. The molecule has 0 aromatic heterocycles. The minimum atomic E-state index is 0.0187. The van der Waals surface area contributed by atoms with Crippen LogP contribution in [0.15, 0.2) is 47.7 Å². The second-order valence-corrected chi connectivity index (χ2v) is 6.80. The summed E-state index contributed by atoms with van der Waals surface area (Å²) in [6.07, 6.45) is 5.19. The van der Waals surface area contributed by atoms with E-state index in [9.17, 15) is 4.79 Å². The smallest absolute Gasteiger partial charge is 0.176 e. The number of benzene rings is 1. The van der Waals surface area contributed by atoms with Crippen molar-refractivity contribution in [2.24, 2.45) is 5.41 Å². The van der Waals surface area contributed by atoms with Crippen LogP contribution in [-0.4, -0.2) is 12.8 Å². The lowest BCUT2D eigenvalue weighted by Gasteiger charge is -2.25. The highest BCUT2D eigenvalue weighted by Crippen LogP contribution is 2.29. The Balaban J connectivity index is 3.27. The number of likely N-dealkylation sites (N-methyl/N-ethyl adjacent to an activating group) is 1. The minimum Gasteiger partial charge on any atom is -0.342 e. The highest BCUT2D eigenvalue weighted by atomic mass is 16.1. The standard InChI is InChI=1S/C20H29NO/c1-8-9-17(20(4,5)6)14-19(16(3)22)21(7)18-12-10-15(2)11-13-18/h9-14H,8H2,1-7H3/b17-9-,19-14-. The summed E-state index contributed by atoms with van der Waals surface area (Å²) >= 11 is 0. The summed E-state index contributed by atoms with van der Waals surface area (Å²) in [6, 6.07) is 8.23. The molecule has 1 rings (SSSR count). The van der Waals surface area contributed by atoms with E-state index >= 15 is 0 Å². The molecule has 0 heterocycles. The van der Waals surface area contributed by atoms with Crippen molar-refractivity contribution >= 4 is 11.5 Å². The molecule has 2 nitrogen and oxygen atoms in total. The van der Waals surface area contributed by atoms with Crippen molar-refractivity contribution < 1.29 is 4.79 Å². The lowest BCUT2D eigenvalue weighted by molar-refractivity contribution is -0.113. The predicted octanol–water partition coefficient (Wildman–Crippen LogP) is 5.29. The van der Waals surface area contributed by atoms with Crippen LogP contribution in [0.3, 0.4) is 0 Å². The fraction of sp³-hybridized carbons (Fsp3) is 0.450. The summed E-state index contributed by atoms with van der Waals surface area (Å²) in [7, 11) is 1.95. The lowest BCUT2D eigenvalue weighted by atomic mass is 9.85. The maximum atomic E-state index is 12.2. The number of ketones is 1. The van der Waals surface area contributed by atoms with Crippen LogP contribution in [0.4, 0.5) is 5.69 Å². The molecule has 0 unspecified atom stereocenters. The number of rotatable bonds is 5. The highest BCUT2D eigenvalue weighted by molar-refractivity contribution is 5.97. The number of hydrogen-bond acceptors (Lipinski definition) is 2. The fourth-order valence-electron chi connectivity index (χ4n) is 2.29. The van der Waals surface area contributed by atoms with Gasteiger partial charge >= 0.3 is 0 Å². The molecule has 0 saturated carbocycles. The van der Waals surface area contributed by atoms with Crippen LogP contribution in [0.5, 0.6) is 0 Å². The summed E-state index contributed by atoms with van der Waals surface area (Å²) in [5.74, 6) is 0.0781. The molecular weight excluding hydrogens is 270 g/mol. The van der Waals surface area contributed by atoms with E-state index in [1.165, 1.54) is 11.1 Å². The van der Waals surface area contributed by atoms with Crippen LogP contribution < -0.4 is 4.90 Å². The highest BCUT2D eigenvalue weighted by Gasteiger charge is 2.19. The van der Waals surface area contributed by atoms with E-state index in [2.05, 4.69) is 52.8 Å². The number of hydrogen-bond donors (Lipinski definition) is 0. The first-order valence-electron chi connectivity index (χ1n) is 7.90.